The number of carbonyl (C=O) groups is 1. The number of amides is 1. The SMILES string of the molecule is Cc1cc(C)cc(OCC(=O)Nc2ccc3c(c2)n(C)c(=O)n3C)c1. The molecule has 1 N–H and O–H groups in total. The maximum absolute atomic E-state index is 12.1. The molecule has 1 amide bonds. The van der Waals surface area contributed by atoms with Gasteiger partial charge in [0.25, 0.3) is 5.91 Å². The minimum absolute atomic E-state index is 0.0748. The van der Waals surface area contributed by atoms with Gasteiger partial charge >= 0.3 is 5.69 Å². The van der Waals surface area contributed by atoms with Gasteiger partial charge < -0.3 is 10.1 Å². The zero-order valence-corrected chi connectivity index (χ0v) is 14.8. The van der Waals surface area contributed by atoms with E-state index in [2.05, 4.69) is 5.32 Å². The minimum atomic E-state index is -0.251. The number of rotatable bonds is 4. The summed E-state index contributed by atoms with van der Waals surface area (Å²) in [5, 5.41) is 2.80. The maximum atomic E-state index is 12.1. The van der Waals surface area contributed by atoms with Gasteiger partial charge in [-0.2, -0.15) is 0 Å². The van der Waals surface area contributed by atoms with Crippen molar-refractivity contribution in [3.05, 3.63) is 58.0 Å². The van der Waals surface area contributed by atoms with E-state index in [1.807, 2.05) is 38.1 Å². The number of aryl methyl sites for hydroxylation is 4. The minimum Gasteiger partial charge on any atom is -0.484 e. The highest BCUT2D eigenvalue weighted by Crippen LogP contribution is 2.18. The fourth-order valence-electron chi connectivity index (χ4n) is 2.95. The van der Waals surface area contributed by atoms with Crippen LogP contribution in [-0.4, -0.2) is 21.6 Å². The van der Waals surface area contributed by atoms with Crippen molar-refractivity contribution in [1.29, 1.82) is 0 Å². The Morgan fingerprint density at radius 3 is 2.32 bits per heavy atom. The third kappa shape index (κ3) is 3.42. The standard InChI is InChI=1S/C19H21N3O3/c1-12-7-13(2)9-15(8-12)25-11-18(23)20-14-5-6-16-17(10-14)22(4)19(24)21(16)3/h5-10H,11H2,1-4H3,(H,20,23). The Bertz CT molecular complexity index is 994. The van der Waals surface area contributed by atoms with E-state index in [4.69, 9.17) is 4.74 Å². The van der Waals surface area contributed by atoms with Gasteiger partial charge in [-0.25, -0.2) is 4.79 Å². The van der Waals surface area contributed by atoms with Crippen LogP contribution in [0.15, 0.2) is 41.2 Å². The molecule has 0 bridgehead atoms. The molecule has 1 heterocycles. The van der Waals surface area contributed by atoms with Gasteiger partial charge in [-0.1, -0.05) is 6.07 Å². The molecule has 25 heavy (non-hydrogen) atoms. The molecule has 130 valence electrons. The number of anilines is 1. The van der Waals surface area contributed by atoms with Crippen LogP contribution in [0.1, 0.15) is 11.1 Å². The van der Waals surface area contributed by atoms with E-state index in [0.717, 1.165) is 22.2 Å². The van der Waals surface area contributed by atoms with Gasteiger partial charge in [0, 0.05) is 19.8 Å². The molecule has 2 aromatic carbocycles. The molecule has 0 aliphatic heterocycles. The summed E-state index contributed by atoms with van der Waals surface area (Å²) >= 11 is 0. The van der Waals surface area contributed by atoms with Gasteiger partial charge in [-0.05, 0) is 55.3 Å². The van der Waals surface area contributed by atoms with E-state index >= 15 is 0 Å². The fraction of sp³-hybridized carbons (Fsp3) is 0.263. The van der Waals surface area contributed by atoms with Crippen LogP contribution < -0.4 is 15.7 Å². The number of imidazole rings is 1. The Hall–Kier alpha value is -3.02. The molecule has 0 saturated carbocycles. The van der Waals surface area contributed by atoms with Crippen LogP contribution in [0.2, 0.25) is 0 Å². The first kappa shape index (κ1) is 16.8. The highest BCUT2D eigenvalue weighted by Gasteiger charge is 2.10. The third-order valence-corrected chi connectivity index (χ3v) is 4.12. The number of nitrogens with zero attached hydrogens (tertiary/aromatic N) is 2. The van der Waals surface area contributed by atoms with Crippen molar-refractivity contribution in [1.82, 2.24) is 9.13 Å². The number of aromatic nitrogens is 2. The van der Waals surface area contributed by atoms with Crippen LogP contribution in [-0.2, 0) is 18.9 Å². The van der Waals surface area contributed by atoms with E-state index in [0.29, 0.717) is 11.4 Å². The number of benzene rings is 2. The van der Waals surface area contributed by atoms with Gasteiger partial charge in [0.2, 0.25) is 0 Å². The number of carbonyl (C=O) groups excluding carboxylic acids is 1. The van der Waals surface area contributed by atoms with E-state index in [1.165, 1.54) is 0 Å². The van der Waals surface area contributed by atoms with Crippen molar-refractivity contribution < 1.29 is 9.53 Å². The van der Waals surface area contributed by atoms with Crippen molar-refractivity contribution >= 4 is 22.6 Å². The van der Waals surface area contributed by atoms with Crippen molar-refractivity contribution in [3.8, 4) is 5.75 Å². The van der Waals surface area contributed by atoms with Gasteiger partial charge in [-0.3, -0.25) is 13.9 Å². The van der Waals surface area contributed by atoms with Crippen molar-refractivity contribution in [3.63, 3.8) is 0 Å². The lowest BCUT2D eigenvalue weighted by molar-refractivity contribution is -0.118. The van der Waals surface area contributed by atoms with Gasteiger partial charge in [-0.15, -0.1) is 0 Å². The average molecular weight is 339 g/mol. The number of hydrogen-bond acceptors (Lipinski definition) is 3. The summed E-state index contributed by atoms with van der Waals surface area (Å²) in [5.41, 5.74) is 4.29. The smallest absolute Gasteiger partial charge is 0.328 e. The molecule has 0 aliphatic rings. The predicted octanol–water partition coefficient (Wildman–Crippen LogP) is 2.51. The lowest BCUT2D eigenvalue weighted by Gasteiger charge is -2.09. The average Bonchev–Trinajstić information content (AvgIpc) is 2.77. The van der Waals surface area contributed by atoms with Crippen LogP contribution >= 0.6 is 0 Å². The quantitative estimate of drug-likeness (QED) is 0.794. The maximum Gasteiger partial charge on any atom is 0.328 e. The molecule has 3 rings (SSSR count). The Labute approximate surface area is 145 Å². The zero-order valence-electron chi connectivity index (χ0n) is 14.8. The largest absolute Gasteiger partial charge is 0.484 e. The monoisotopic (exact) mass is 339 g/mol. The summed E-state index contributed by atoms with van der Waals surface area (Å²) in [6.45, 7) is 3.90. The highest BCUT2D eigenvalue weighted by atomic mass is 16.5. The molecule has 3 aromatic rings. The number of hydrogen-bond donors (Lipinski definition) is 1. The van der Waals surface area contributed by atoms with Gasteiger partial charge in [0.1, 0.15) is 5.75 Å². The van der Waals surface area contributed by atoms with Crippen molar-refractivity contribution in [2.45, 2.75) is 13.8 Å². The second-order valence-corrected chi connectivity index (χ2v) is 6.26. The second-order valence-electron chi connectivity index (χ2n) is 6.26. The van der Waals surface area contributed by atoms with Crippen LogP contribution in [0.5, 0.6) is 5.75 Å². The van der Waals surface area contributed by atoms with E-state index < -0.39 is 0 Å². The van der Waals surface area contributed by atoms with Crippen LogP contribution in [0, 0.1) is 13.8 Å². The second kappa shape index (κ2) is 6.47. The van der Waals surface area contributed by atoms with Gasteiger partial charge in [0.05, 0.1) is 11.0 Å². The molecule has 6 nitrogen and oxygen atoms in total. The third-order valence-electron chi connectivity index (χ3n) is 4.12. The lowest BCUT2D eigenvalue weighted by Crippen LogP contribution is -2.20. The van der Waals surface area contributed by atoms with Crippen LogP contribution in [0.3, 0.4) is 0 Å². The first-order valence-electron chi connectivity index (χ1n) is 8.01. The summed E-state index contributed by atoms with van der Waals surface area (Å²) in [6.07, 6.45) is 0. The first-order chi connectivity index (χ1) is 11.8. The molecule has 0 radical (unpaired) electrons. The van der Waals surface area contributed by atoms with E-state index in [1.54, 1.807) is 35.4 Å². The Morgan fingerprint density at radius 2 is 1.64 bits per heavy atom. The molecule has 0 aliphatic carbocycles. The summed E-state index contributed by atoms with van der Waals surface area (Å²) in [6, 6.07) is 11.2. The molecule has 1 aromatic heterocycles. The van der Waals surface area contributed by atoms with E-state index in [9.17, 15) is 9.59 Å². The Balaban J connectivity index is 1.71. The lowest BCUT2D eigenvalue weighted by atomic mass is 10.1. The van der Waals surface area contributed by atoms with Crippen LogP contribution in [0.4, 0.5) is 5.69 Å². The highest BCUT2D eigenvalue weighted by molar-refractivity contribution is 5.94. The first-order valence-corrected chi connectivity index (χ1v) is 8.01. The van der Waals surface area contributed by atoms with Crippen molar-refractivity contribution in [2.24, 2.45) is 14.1 Å². The number of fused-ring (bicyclic) bond motifs is 1. The topological polar surface area (TPSA) is 65.3 Å². The summed E-state index contributed by atoms with van der Waals surface area (Å²) in [5.74, 6) is 0.424. The Kier molecular flexibility index (Phi) is 4.35. The fourth-order valence-corrected chi connectivity index (χ4v) is 2.95. The molecule has 0 saturated heterocycles. The van der Waals surface area contributed by atoms with Crippen LogP contribution in [0.25, 0.3) is 11.0 Å². The molecule has 0 spiro atoms. The molecule has 6 heteroatoms. The van der Waals surface area contributed by atoms with E-state index in [-0.39, 0.29) is 18.2 Å². The summed E-state index contributed by atoms with van der Waals surface area (Å²) in [7, 11) is 3.43. The molecule has 0 unspecified atom stereocenters. The summed E-state index contributed by atoms with van der Waals surface area (Å²) < 4.78 is 8.69. The van der Waals surface area contributed by atoms with Crippen molar-refractivity contribution in [2.75, 3.05) is 11.9 Å². The number of nitrogens with one attached hydrogen (secondary N) is 1. The number of ether oxygens (including phenoxy) is 1. The molecular weight excluding hydrogens is 318 g/mol. The normalized spacial score (nSPS) is 10.9. The Morgan fingerprint density at radius 1 is 1.00 bits per heavy atom. The molecule has 0 fully saturated rings. The predicted molar refractivity (Wildman–Crippen MR) is 98.2 cm³/mol. The molecule has 0 atom stereocenters. The molecular formula is C19H21N3O3. The van der Waals surface area contributed by atoms with Gasteiger partial charge in [0.15, 0.2) is 6.61 Å². The zero-order chi connectivity index (χ0) is 18.1. The summed E-state index contributed by atoms with van der Waals surface area (Å²) in [4.78, 5) is 24.1.